The third kappa shape index (κ3) is 4.33. The second-order valence-electron chi connectivity index (χ2n) is 7.57. The number of morpholine rings is 1. The number of carbonyl (C=O) groups excluding carboxylic acids is 2. The molecule has 1 aliphatic rings. The molecule has 0 unspecified atom stereocenters. The third-order valence-corrected chi connectivity index (χ3v) is 6.31. The van der Waals surface area contributed by atoms with Gasteiger partial charge >= 0.3 is 0 Å². The Bertz CT molecular complexity index is 1320. The number of amides is 2. The Morgan fingerprint density at radius 2 is 1.94 bits per heavy atom. The first-order chi connectivity index (χ1) is 16.1. The number of benzene rings is 2. The highest BCUT2D eigenvalue weighted by Crippen LogP contribution is 2.27. The van der Waals surface area contributed by atoms with Crippen LogP contribution in [0, 0.1) is 0 Å². The topological polar surface area (TPSA) is 85.2 Å². The van der Waals surface area contributed by atoms with Gasteiger partial charge in [0.15, 0.2) is 4.96 Å². The minimum atomic E-state index is -0.227. The van der Waals surface area contributed by atoms with E-state index < -0.39 is 0 Å². The summed E-state index contributed by atoms with van der Waals surface area (Å²) >= 11 is 1.43. The molecule has 4 aromatic rings. The Morgan fingerprint density at radius 1 is 1.12 bits per heavy atom. The molecule has 0 bridgehead atoms. The molecular formula is C24H22N4O4S. The van der Waals surface area contributed by atoms with Crippen molar-refractivity contribution in [2.24, 2.45) is 0 Å². The van der Waals surface area contributed by atoms with E-state index in [1.54, 1.807) is 36.3 Å². The SMILES string of the molecule is COc1cccc(C(=O)Nc2cccc(-c3cn4c(C(=O)N5CCOCC5)csc4n3)c2)c1. The third-order valence-electron chi connectivity index (χ3n) is 5.47. The fourth-order valence-electron chi connectivity index (χ4n) is 3.73. The fourth-order valence-corrected chi connectivity index (χ4v) is 4.58. The van der Waals surface area contributed by atoms with Crippen molar-refractivity contribution in [3.63, 3.8) is 0 Å². The van der Waals surface area contributed by atoms with Crippen molar-refractivity contribution in [1.82, 2.24) is 14.3 Å². The van der Waals surface area contributed by atoms with Crippen molar-refractivity contribution >= 4 is 33.8 Å². The average Bonchev–Trinajstić information content (AvgIpc) is 3.45. The summed E-state index contributed by atoms with van der Waals surface area (Å²) in [7, 11) is 1.57. The van der Waals surface area contributed by atoms with Gasteiger partial charge in [-0.05, 0) is 30.3 Å². The van der Waals surface area contributed by atoms with Crippen LogP contribution in [0.4, 0.5) is 5.69 Å². The summed E-state index contributed by atoms with van der Waals surface area (Å²) in [5.41, 5.74) is 3.34. The summed E-state index contributed by atoms with van der Waals surface area (Å²) in [5, 5.41) is 4.76. The number of thiazole rings is 1. The van der Waals surface area contributed by atoms with Crippen LogP contribution in [0.1, 0.15) is 20.8 Å². The summed E-state index contributed by atoms with van der Waals surface area (Å²) in [6.07, 6.45) is 1.86. The minimum Gasteiger partial charge on any atom is -0.497 e. The summed E-state index contributed by atoms with van der Waals surface area (Å²) in [4.78, 5) is 32.8. The molecule has 9 heteroatoms. The molecule has 0 radical (unpaired) electrons. The first-order valence-electron chi connectivity index (χ1n) is 10.5. The van der Waals surface area contributed by atoms with E-state index in [0.29, 0.717) is 49.0 Å². The normalized spacial score (nSPS) is 13.8. The van der Waals surface area contributed by atoms with Crippen molar-refractivity contribution < 1.29 is 19.1 Å². The zero-order valence-corrected chi connectivity index (χ0v) is 18.8. The van der Waals surface area contributed by atoms with Crippen molar-refractivity contribution in [3.8, 4) is 17.0 Å². The van der Waals surface area contributed by atoms with Crippen LogP contribution in [0.3, 0.4) is 0 Å². The van der Waals surface area contributed by atoms with Gasteiger partial charge in [0.05, 0.1) is 26.0 Å². The molecule has 0 aliphatic carbocycles. The number of ether oxygens (including phenoxy) is 2. The highest BCUT2D eigenvalue weighted by molar-refractivity contribution is 7.15. The maximum atomic E-state index is 12.9. The smallest absolute Gasteiger partial charge is 0.271 e. The standard InChI is InChI=1S/C24H22N4O4S/c1-31-19-7-3-5-17(13-19)22(29)25-18-6-2-4-16(12-18)20-14-28-21(15-33-24(28)26-20)23(30)27-8-10-32-11-9-27/h2-7,12-15H,8-11H2,1H3,(H,25,29). The van der Waals surface area contributed by atoms with E-state index in [4.69, 9.17) is 9.47 Å². The van der Waals surface area contributed by atoms with E-state index in [1.807, 2.05) is 40.2 Å². The molecule has 2 aromatic carbocycles. The molecule has 33 heavy (non-hydrogen) atoms. The predicted molar refractivity (Wildman–Crippen MR) is 126 cm³/mol. The van der Waals surface area contributed by atoms with Gasteiger partial charge < -0.3 is 19.7 Å². The first-order valence-corrected chi connectivity index (χ1v) is 11.4. The first kappa shape index (κ1) is 21.2. The van der Waals surface area contributed by atoms with Crippen LogP contribution in [-0.2, 0) is 4.74 Å². The van der Waals surface area contributed by atoms with E-state index in [0.717, 1.165) is 16.2 Å². The van der Waals surface area contributed by atoms with Gasteiger partial charge in [-0.1, -0.05) is 18.2 Å². The Labute approximate surface area is 194 Å². The zero-order chi connectivity index (χ0) is 22.8. The van der Waals surface area contributed by atoms with Crippen LogP contribution in [-0.4, -0.2) is 59.5 Å². The largest absolute Gasteiger partial charge is 0.497 e. The number of methoxy groups -OCH3 is 1. The molecule has 0 spiro atoms. The fraction of sp³-hybridized carbons (Fsp3) is 0.208. The predicted octanol–water partition coefficient (Wildman–Crippen LogP) is 3.80. The van der Waals surface area contributed by atoms with Gasteiger partial charge in [-0.2, -0.15) is 0 Å². The van der Waals surface area contributed by atoms with Gasteiger partial charge in [-0.25, -0.2) is 4.98 Å². The minimum absolute atomic E-state index is 0.0206. The van der Waals surface area contributed by atoms with Gasteiger partial charge in [0, 0.05) is 41.5 Å². The highest BCUT2D eigenvalue weighted by Gasteiger charge is 2.22. The number of hydrogen-bond donors (Lipinski definition) is 1. The molecule has 1 saturated heterocycles. The summed E-state index contributed by atoms with van der Waals surface area (Å²) in [6.45, 7) is 2.30. The second-order valence-corrected chi connectivity index (χ2v) is 8.41. The van der Waals surface area contributed by atoms with Gasteiger partial charge in [-0.15, -0.1) is 11.3 Å². The number of hydrogen-bond acceptors (Lipinski definition) is 6. The Balaban J connectivity index is 1.38. The van der Waals surface area contributed by atoms with Crippen molar-refractivity contribution in [2.75, 3.05) is 38.7 Å². The number of rotatable bonds is 5. The van der Waals surface area contributed by atoms with Crippen LogP contribution < -0.4 is 10.1 Å². The number of anilines is 1. The summed E-state index contributed by atoms with van der Waals surface area (Å²) in [5.74, 6) is 0.375. The molecule has 1 aliphatic heterocycles. The number of nitrogens with one attached hydrogen (secondary N) is 1. The lowest BCUT2D eigenvalue weighted by Gasteiger charge is -2.26. The van der Waals surface area contributed by atoms with Crippen LogP contribution >= 0.6 is 11.3 Å². The molecule has 5 rings (SSSR count). The van der Waals surface area contributed by atoms with Crippen LogP contribution in [0.25, 0.3) is 16.2 Å². The van der Waals surface area contributed by atoms with Crippen LogP contribution in [0.15, 0.2) is 60.1 Å². The molecular weight excluding hydrogens is 440 g/mol. The molecule has 1 N–H and O–H groups in total. The number of imidazole rings is 1. The zero-order valence-electron chi connectivity index (χ0n) is 18.0. The van der Waals surface area contributed by atoms with E-state index in [1.165, 1.54) is 11.3 Å². The van der Waals surface area contributed by atoms with Crippen molar-refractivity contribution in [3.05, 3.63) is 71.4 Å². The van der Waals surface area contributed by atoms with E-state index >= 15 is 0 Å². The molecule has 2 aromatic heterocycles. The lowest BCUT2D eigenvalue weighted by atomic mass is 10.1. The molecule has 2 amide bonds. The number of carbonyl (C=O) groups is 2. The summed E-state index contributed by atoms with van der Waals surface area (Å²) in [6, 6.07) is 14.5. The number of aromatic nitrogens is 2. The van der Waals surface area contributed by atoms with E-state index in [2.05, 4.69) is 10.3 Å². The molecule has 0 saturated carbocycles. The highest BCUT2D eigenvalue weighted by atomic mass is 32.1. The summed E-state index contributed by atoms with van der Waals surface area (Å²) < 4.78 is 12.4. The Morgan fingerprint density at radius 3 is 2.76 bits per heavy atom. The Hall–Kier alpha value is -3.69. The lowest BCUT2D eigenvalue weighted by molar-refractivity contribution is 0.0298. The molecule has 8 nitrogen and oxygen atoms in total. The maximum Gasteiger partial charge on any atom is 0.271 e. The Kier molecular flexibility index (Phi) is 5.80. The molecule has 168 valence electrons. The second kappa shape index (κ2) is 9.05. The average molecular weight is 463 g/mol. The monoisotopic (exact) mass is 462 g/mol. The molecule has 0 atom stereocenters. The van der Waals surface area contributed by atoms with Crippen molar-refractivity contribution in [1.29, 1.82) is 0 Å². The molecule has 1 fully saturated rings. The lowest BCUT2D eigenvalue weighted by Crippen LogP contribution is -2.41. The van der Waals surface area contributed by atoms with Gasteiger partial charge in [0.25, 0.3) is 11.8 Å². The quantitative estimate of drug-likeness (QED) is 0.488. The maximum absolute atomic E-state index is 12.9. The van der Waals surface area contributed by atoms with Gasteiger partial charge in [0.1, 0.15) is 11.4 Å². The van der Waals surface area contributed by atoms with E-state index in [9.17, 15) is 9.59 Å². The van der Waals surface area contributed by atoms with E-state index in [-0.39, 0.29) is 11.8 Å². The van der Waals surface area contributed by atoms with Gasteiger partial charge in [0.2, 0.25) is 0 Å². The van der Waals surface area contributed by atoms with Crippen molar-refractivity contribution in [2.45, 2.75) is 0 Å². The number of nitrogens with zero attached hydrogens (tertiary/aromatic N) is 3. The van der Waals surface area contributed by atoms with Gasteiger partial charge in [-0.3, -0.25) is 14.0 Å². The molecule has 3 heterocycles. The number of fused-ring (bicyclic) bond motifs is 1. The van der Waals surface area contributed by atoms with Crippen LogP contribution in [0.5, 0.6) is 5.75 Å². The van der Waals surface area contributed by atoms with Crippen LogP contribution in [0.2, 0.25) is 0 Å².